The highest BCUT2D eigenvalue weighted by Gasteiger charge is 2.16. The lowest BCUT2D eigenvalue weighted by atomic mass is 10.1. The van der Waals surface area contributed by atoms with Gasteiger partial charge in [0.25, 0.3) is 0 Å². The van der Waals surface area contributed by atoms with Gasteiger partial charge in [0.2, 0.25) is 0 Å². The molecule has 2 heterocycles. The molecule has 0 saturated heterocycles. The second kappa shape index (κ2) is 8.01. The van der Waals surface area contributed by atoms with E-state index >= 15 is 0 Å². The summed E-state index contributed by atoms with van der Waals surface area (Å²) in [4.78, 5) is 20.1. The third kappa shape index (κ3) is 3.98. The van der Waals surface area contributed by atoms with Crippen molar-refractivity contribution in [2.75, 3.05) is 19.5 Å². The summed E-state index contributed by atoms with van der Waals surface area (Å²) < 4.78 is 24.3. The Morgan fingerprint density at radius 3 is 2.70 bits per heavy atom. The highest BCUT2D eigenvalue weighted by atomic mass is 35.5. The number of benzene rings is 1. The lowest BCUT2D eigenvalue weighted by molar-refractivity contribution is 0.0601. The molecule has 0 amide bonds. The molecule has 8 heteroatoms. The molecule has 0 aliphatic heterocycles. The van der Waals surface area contributed by atoms with E-state index in [2.05, 4.69) is 15.3 Å². The number of pyridine rings is 2. The molecule has 3 aromatic rings. The van der Waals surface area contributed by atoms with Crippen LogP contribution in [0.3, 0.4) is 0 Å². The number of carbonyl (C=O) groups is 1. The number of hydrogen-bond acceptors (Lipinski definition) is 6. The predicted octanol–water partition coefficient (Wildman–Crippen LogP) is 4.47. The summed E-state index contributed by atoms with van der Waals surface area (Å²) in [5.74, 6) is -0.587. The minimum absolute atomic E-state index is 0.245. The van der Waals surface area contributed by atoms with Gasteiger partial charge in [-0.2, -0.15) is 0 Å². The molecular formula is C19H15ClFN3O3. The number of hydrogen-bond donors (Lipinski definition) is 1. The number of ether oxygens (including phenoxy) is 2. The molecule has 1 aromatic carbocycles. The van der Waals surface area contributed by atoms with Crippen molar-refractivity contribution in [2.24, 2.45) is 0 Å². The molecule has 1 N–H and O–H groups in total. The smallest absolute Gasteiger partial charge is 0.341 e. The Labute approximate surface area is 159 Å². The van der Waals surface area contributed by atoms with Crippen LogP contribution in [0.4, 0.5) is 15.8 Å². The van der Waals surface area contributed by atoms with Crippen molar-refractivity contribution < 1.29 is 18.7 Å². The number of anilines is 2. The molecule has 0 aliphatic carbocycles. The maximum absolute atomic E-state index is 14.2. The molecule has 0 bridgehead atoms. The van der Waals surface area contributed by atoms with Gasteiger partial charge in [0.15, 0.2) is 5.75 Å². The van der Waals surface area contributed by atoms with E-state index < -0.39 is 11.8 Å². The summed E-state index contributed by atoms with van der Waals surface area (Å²) in [6.07, 6.45) is 4.37. The molecule has 0 saturated carbocycles. The molecule has 0 fully saturated rings. The fraction of sp³-hybridized carbons (Fsp3) is 0.105. The number of nitrogens with one attached hydrogen (secondary N) is 1. The first-order valence-corrected chi connectivity index (χ1v) is 8.20. The van der Waals surface area contributed by atoms with Crippen molar-refractivity contribution >= 4 is 28.9 Å². The second-order valence-electron chi connectivity index (χ2n) is 5.43. The Balaban J connectivity index is 2.06. The van der Waals surface area contributed by atoms with E-state index in [1.807, 2.05) is 0 Å². The van der Waals surface area contributed by atoms with E-state index in [4.69, 9.17) is 21.1 Å². The van der Waals surface area contributed by atoms with Gasteiger partial charge in [0.05, 0.1) is 37.5 Å². The van der Waals surface area contributed by atoms with Crippen molar-refractivity contribution in [1.29, 1.82) is 0 Å². The quantitative estimate of drug-likeness (QED) is 0.651. The molecule has 2 aromatic heterocycles. The topological polar surface area (TPSA) is 73.3 Å². The number of esters is 1. The van der Waals surface area contributed by atoms with E-state index in [0.717, 1.165) is 0 Å². The van der Waals surface area contributed by atoms with Crippen molar-refractivity contribution in [3.05, 3.63) is 65.3 Å². The molecule has 27 heavy (non-hydrogen) atoms. The van der Waals surface area contributed by atoms with Gasteiger partial charge in [-0.05, 0) is 30.3 Å². The van der Waals surface area contributed by atoms with Crippen LogP contribution in [-0.2, 0) is 4.74 Å². The van der Waals surface area contributed by atoms with Crippen molar-refractivity contribution in [2.45, 2.75) is 0 Å². The number of rotatable bonds is 5. The van der Waals surface area contributed by atoms with Gasteiger partial charge in [0, 0.05) is 23.0 Å². The zero-order valence-corrected chi connectivity index (χ0v) is 15.2. The van der Waals surface area contributed by atoms with E-state index in [1.54, 1.807) is 12.1 Å². The van der Waals surface area contributed by atoms with E-state index in [-0.39, 0.29) is 11.1 Å². The third-order valence-electron chi connectivity index (χ3n) is 3.79. The normalized spacial score (nSPS) is 10.4. The highest BCUT2D eigenvalue weighted by Crippen LogP contribution is 2.33. The molecule has 138 valence electrons. The third-order valence-corrected chi connectivity index (χ3v) is 4.02. The largest absolute Gasteiger partial charge is 0.493 e. The van der Waals surface area contributed by atoms with Gasteiger partial charge in [-0.3, -0.25) is 9.97 Å². The standard InChI is InChI=1S/C19H15ClFN3O3/c1-26-18-10-23-16(12-7-11(20)3-4-14(12)21)8-17(18)24-15-5-6-22-9-13(15)19(25)27-2/h3-10H,1-2H3,(H,22,23,24). The van der Waals surface area contributed by atoms with Crippen LogP contribution < -0.4 is 10.1 Å². The molecular weight excluding hydrogens is 373 g/mol. The average molecular weight is 388 g/mol. The van der Waals surface area contributed by atoms with Crippen LogP contribution in [0.2, 0.25) is 5.02 Å². The minimum Gasteiger partial charge on any atom is -0.493 e. The van der Waals surface area contributed by atoms with Crippen molar-refractivity contribution in [3.63, 3.8) is 0 Å². The zero-order chi connectivity index (χ0) is 19.4. The molecule has 0 unspecified atom stereocenters. The maximum atomic E-state index is 14.2. The van der Waals surface area contributed by atoms with Gasteiger partial charge >= 0.3 is 5.97 Å². The van der Waals surface area contributed by atoms with Gasteiger partial charge in [-0.25, -0.2) is 9.18 Å². The lowest BCUT2D eigenvalue weighted by Gasteiger charge is -2.14. The van der Waals surface area contributed by atoms with Crippen LogP contribution in [-0.4, -0.2) is 30.2 Å². The van der Waals surface area contributed by atoms with E-state index in [1.165, 1.54) is 51.0 Å². The number of carbonyl (C=O) groups excluding carboxylic acids is 1. The summed E-state index contributed by atoms with van der Waals surface area (Å²) in [5.41, 5.74) is 1.79. The van der Waals surface area contributed by atoms with Crippen LogP contribution in [0.15, 0.2) is 48.9 Å². The average Bonchev–Trinajstić information content (AvgIpc) is 2.69. The molecule has 0 spiro atoms. The Morgan fingerprint density at radius 1 is 1.15 bits per heavy atom. The van der Waals surface area contributed by atoms with Crippen LogP contribution in [0.1, 0.15) is 10.4 Å². The summed E-state index contributed by atoms with van der Waals surface area (Å²) in [5, 5.41) is 3.48. The zero-order valence-electron chi connectivity index (χ0n) is 14.5. The molecule has 0 atom stereocenters. The number of halogens is 2. The monoisotopic (exact) mass is 387 g/mol. The molecule has 6 nitrogen and oxygen atoms in total. The molecule has 0 aliphatic rings. The van der Waals surface area contributed by atoms with Gasteiger partial charge < -0.3 is 14.8 Å². The van der Waals surface area contributed by atoms with E-state index in [0.29, 0.717) is 27.8 Å². The predicted molar refractivity (Wildman–Crippen MR) is 100 cm³/mol. The molecule has 3 rings (SSSR count). The SMILES string of the molecule is COC(=O)c1cnccc1Nc1cc(-c2cc(Cl)ccc2F)ncc1OC. The van der Waals surface area contributed by atoms with Crippen LogP contribution in [0.25, 0.3) is 11.3 Å². The van der Waals surface area contributed by atoms with E-state index in [9.17, 15) is 9.18 Å². The fourth-order valence-corrected chi connectivity index (χ4v) is 2.64. The first kappa shape index (κ1) is 18.6. The number of aromatic nitrogens is 2. The Morgan fingerprint density at radius 2 is 1.96 bits per heavy atom. The summed E-state index contributed by atoms with van der Waals surface area (Å²) in [6.45, 7) is 0. The second-order valence-corrected chi connectivity index (χ2v) is 5.87. The maximum Gasteiger partial charge on any atom is 0.341 e. The Kier molecular flexibility index (Phi) is 5.52. The van der Waals surface area contributed by atoms with Crippen LogP contribution in [0, 0.1) is 5.82 Å². The first-order valence-electron chi connectivity index (χ1n) is 7.82. The minimum atomic E-state index is -0.542. The van der Waals surface area contributed by atoms with Gasteiger partial charge in [0.1, 0.15) is 11.4 Å². The first-order chi connectivity index (χ1) is 13.0. The summed E-state index contributed by atoms with van der Waals surface area (Å²) in [7, 11) is 2.77. The highest BCUT2D eigenvalue weighted by molar-refractivity contribution is 6.30. The van der Waals surface area contributed by atoms with Crippen molar-refractivity contribution in [1.82, 2.24) is 9.97 Å². The Bertz CT molecular complexity index is 998. The number of nitrogens with zero attached hydrogens (tertiary/aromatic N) is 2. The molecule has 0 radical (unpaired) electrons. The Hall–Kier alpha value is -3.19. The van der Waals surface area contributed by atoms with Crippen molar-refractivity contribution in [3.8, 4) is 17.0 Å². The lowest BCUT2D eigenvalue weighted by Crippen LogP contribution is -2.07. The van der Waals surface area contributed by atoms with Crippen LogP contribution >= 0.6 is 11.6 Å². The fourth-order valence-electron chi connectivity index (χ4n) is 2.47. The van der Waals surface area contributed by atoms with Crippen LogP contribution in [0.5, 0.6) is 5.75 Å². The summed E-state index contributed by atoms with van der Waals surface area (Å²) in [6, 6.07) is 7.44. The van der Waals surface area contributed by atoms with Gasteiger partial charge in [-0.15, -0.1) is 0 Å². The number of methoxy groups -OCH3 is 2. The van der Waals surface area contributed by atoms with Gasteiger partial charge in [-0.1, -0.05) is 11.6 Å². The summed E-state index contributed by atoms with van der Waals surface area (Å²) >= 11 is 5.97.